The Kier molecular flexibility index (Phi) is 4.39. The van der Waals surface area contributed by atoms with Crippen LogP contribution >= 0.6 is 0 Å². The molecule has 1 amide bonds. The number of para-hydroxylation sites is 1. The number of nitrogens with two attached hydrogens (primary N) is 1. The van der Waals surface area contributed by atoms with Crippen molar-refractivity contribution in [1.29, 1.82) is 0 Å². The molecule has 5 nitrogen and oxygen atoms in total. The van der Waals surface area contributed by atoms with Crippen molar-refractivity contribution >= 4 is 11.6 Å². The molecule has 0 radical (unpaired) electrons. The topological polar surface area (TPSA) is 67.6 Å². The summed E-state index contributed by atoms with van der Waals surface area (Å²) in [4.78, 5) is 14.4. The molecule has 0 saturated carbocycles. The van der Waals surface area contributed by atoms with E-state index in [1.54, 1.807) is 19.2 Å². The first kappa shape index (κ1) is 13.8. The number of nitrogens with one attached hydrogen (secondary N) is 1. The molecular formula is C14H21N3O2. The number of hydrogen-bond donors (Lipinski definition) is 2. The molecule has 1 aliphatic heterocycles. The van der Waals surface area contributed by atoms with Crippen LogP contribution in [0.15, 0.2) is 24.3 Å². The first-order chi connectivity index (χ1) is 9.17. The number of likely N-dealkylation sites (tertiary alicyclic amines) is 1. The molecule has 0 bridgehead atoms. The van der Waals surface area contributed by atoms with E-state index >= 15 is 0 Å². The second-order valence-corrected chi connectivity index (χ2v) is 4.98. The summed E-state index contributed by atoms with van der Waals surface area (Å²) in [5, 5.41) is 0. The average Bonchev–Trinajstić information content (AvgIpc) is 2.47. The van der Waals surface area contributed by atoms with E-state index in [9.17, 15) is 4.79 Å². The number of piperidine rings is 1. The van der Waals surface area contributed by atoms with Gasteiger partial charge in [-0.1, -0.05) is 19.1 Å². The maximum Gasteiger partial charge on any atom is 0.256 e. The number of nitrogen functional groups attached to an aromatic ring is 1. The number of anilines is 1. The predicted octanol–water partition coefficient (Wildman–Crippen LogP) is 1.47. The van der Waals surface area contributed by atoms with Crippen LogP contribution in [-0.2, 0) is 4.74 Å². The molecule has 0 aromatic heterocycles. The van der Waals surface area contributed by atoms with E-state index in [0.29, 0.717) is 23.7 Å². The molecule has 2 atom stereocenters. The molecule has 1 aliphatic rings. The van der Waals surface area contributed by atoms with Crippen LogP contribution < -0.4 is 11.3 Å². The van der Waals surface area contributed by atoms with Gasteiger partial charge in [-0.2, -0.15) is 0 Å². The molecule has 2 unspecified atom stereocenters. The third kappa shape index (κ3) is 2.88. The number of benzene rings is 1. The van der Waals surface area contributed by atoms with Crippen molar-refractivity contribution in [2.24, 2.45) is 11.8 Å². The minimum absolute atomic E-state index is 0.00231. The van der Waals surface area contributed by atoms with Crippen molar-refractivity contribution < 1.29 is 9.53 Å². The van der Waals surface area contributed by atoms with E-state index in [-0.39, 0.29) is 12.0 Å². The molecule has 2 rings (SSSR count). The number of methoxy groups -OCH3 is 1. The summed E-state index contributed by atoms with van der Waals surface area (Å²) in [5.74, 6) is 5.93. The zero-order valence-electron chi connectivity index (χ0n) is 11.4. The number of rotatable bonds is 3. The van der Waals surface area contributed by atoms with Crippen molar-refractivity contribution in [2.45, 2.75) is 19.4 Å². The van der Waals surface area contributed by atoms with Crippen LogP contribution in [0.25, 0.3) is 0 Å². The molecule has 1 fully saturated rings. The van der Waals surface area contributed by atoms with Gasteiger partial charge in [0.1, 0.15) is 0 Å². The minimum atomic E-state index is 0.00231. The van der Waals surface area contributed by atoms with Gasteiger partial charge in [0.2, 0.25) is 0 Å². The number of carbonyl (C=O) groups excluding carboxylic acids is 1. The zero-order chi connectivity index (χ0) is 13.8. The molecule has 3 N–H and O–H groups in total. The smallest absolute Gasteiger partial charge is 0.256 e. The average molecular weight is 263 g/mol. The van der Waals surface area contributed by atoms with Crippen LogP contribution in [0.1, 0.15) is 23.7 Å². The molecule has 104 valence electrons. The summed E-state index contributed by atoms with van der Waals surface area (Å²) in [7, 11) is 1.70. The van der Waals surface area contributed by atoms with Gasteiger partial charge in [0.25, 0.3) is 5.91 Å². The van der Waals surface area contributed by atoms with Crippen molar-refractivity contribution in [3.8, 4) is 0 Å². The molecule has 1 aromatic rings. The summed E-state index contributed by atoms with van der Waals surface area (Å²) in [6.07, 6.45) is 1.07. The van der Waals surface area contributed by atoms with Gasteiger partial charge < -0.3 is 15.1 Å². The van der Waals surface area contributed by atoms with Gasteiger partial charge in [-0.25, -0.2) is 0 Å². The highest BCUT2D eigenvalue weighted by Gasteiger charge is 2.29. The van der Waals surface area contributed by atoms with Crippen LogP contribution in [-0.4, -0.2) is 37.1 Å². The summed E-state index contributed by atoms with van der Waals surface area (Å²) >= 11 is 0. The Labute approximate surface area is 113 Å². The Bertz CT molecular complexity index is 450. The summed E-state index contributed by atoms with van der Waals surface area (Å²) in [6, 6.07) is 7.28. The lowest BCUT2D eigenvalue weighted by molar-refractivity contribution is -0.00153. The monoisotopic (exact) mass is 263 g/mol. The number of hydrazine groups is 1. The van der Waals surface area contributed by atoms with Crippen LogP contribution in [0.5, 0.6) is 0 Å². The summed E-state index contributed by atoms with van der Waals surface area (Å²) in [5.41, 5.74) is 3.83. The fourth-order valence-corrected chi connectivity index (χ4v) is 2.49. The van der Waals surface area contributed by atoms with E-state index < -0.39 is 0 Å². The molecule has 1 saturated heterocycles. The maximum absolute atomic E-state index is 12.5. The Balaban J connectivity index is 2.15. The third-order valence-corrected chi connectivity index (χ3v) is 3.79. The minimum Gasteiger partial charge on any atom is -0.379 e. The molecule has 5 heteroatoms. The number of nitrogens with zero attached hydrogens (tertiary/aromatic N) is 1. The number of amides is 1. The second kappa shape index (κ2) is 6.04. The Morgan fingerprint density at radius 3 is 2.89 bits per heavy atom. The zero-order valence-corrected chi connectivity index (χ0v) is 11.4. The third-order valence-electron chi connectivity index (χ3n) is 3.79. The van der Waals surface area contributed by atoms with E-state index in [0.717, 1.165) is 13.0 Å². The first-order valence-electron chi connectivity index (χ1n) is 6.55. The maximum atomic E-state index is 12.5. The van der Waals surface area contributed by atoms with E-state index in [1.165, 1.54) is 0 Å². The van der Waals surface area contributed by atoms with Gasteiger partial charge in [-0.05, 0) is 24.5 Å². The molecule has 19 heavy (non-hydrogen) atoms. The van der Waals surface area contributed by atoms with Crippen molar-refractivity contribution in [2.75, 3.05) is 25.6 Å². The highest BCUT2D eigenvalue weighted by Crippen LogP contribution is 2.23. The SMILES string of the molecule is COC1CN(C(=O)c2ccccc2NN)CCC1C. The lowest BCUT2D eigenvalue weighted by Crippen LogP contribution is -2.46. The Hall–Kier alpha value is -1.59. The van der Waals surface area contributed by atoms with E-state index in [2.05, 4.69) is 12.3 Å². The molecule has 1 aromatic carbocycles. The lowest BCUT2D eigenvalue weighted by Gasteiger charge is -2.36. The quantitative estimate of drug-likeness (QED) is 0.640. The van der Waals surface area contributed by atoms with Crippen molar-refractivity contribution in [1.82, 2.24) is 4.90 Å². The van der Waals surface area contributed by atoms with Crippen LogP contribution in [0.4, 0.5) is 5.69 Å². The Morgan fingerprint density at radius 1 is 1.47 bits per heavy atom. The van der Waals surface area contributed by atoms with Crippen molar-refractivity contribution in [3.63, 3.8) is 0 Å². The van der Waals surface area contributed by atoms with Gasteiger partial charge in [-0.3, -0.25) is 10.6 Å². The fraction of sp³-hybridized carbons (Fsp3) is 0.500. The van der Waals surface area contributed by atoms with E-state index in [1.807, 2.05) is 17.0 Å². The number of hydrogen-bond acceptors (Lipinski definition) is 4. The summed E-state index contributed by atoms with van der Waals surface area (Å²) < 4.78 is 5.44. The highest BCUT2D eigenvalue weighted by molar-refractivity contribution is 5.99. The number of carbonyl (C=O) groups is 1. The van der Waals surface area contributed by atoms with Crippen LogP contribution in [0.2, 0.25) is 0 Å². The summed E-state index contributed by atoms with van der Waals surface area (Å²) in [6.45, 7) is 3.56. The van der Waals surface area contributed by atoms with Crippen LogP contribution in [0.3, 0.4) is 0 Å². The Morgan fingerprint density at radius 2 is 2.21 bits per heavy atom. The molecule has 0 aliphatic carbocycles. The molecule has 0 spiro atoms. The van der Waals surface area contributed by atoms with Gasteiger partial charge in [0.15, 0.2) is 0 Å². The first-order valence-corrected chi connectivity index (χ1v) is 6.55. The highest BCUT2D eigenvalue weighted by atomic mass is 16.5. The standard InChI is InChI=1S/C14H21N3O2/c1-10-7-8-17(9-13(10)19-2)14(18)11-5-3-4-6-12(11)16-15/h3-6,10,13,16H,7-9,15H2,1-2H3. The number of ether oxygens (including phenoxy) is 1. The van der Waals surface area contributed by atoms with Gasteiger partial charge in [0, 0.05) is 20.2 Å². The molecular weight excluding hydrogens is 242 g/mol. The molecule has 1 heterocycles. The normalized spacial score (nSPS) is 23.2. The lowest BCUT2D eigenvalue weighted by atomic mass is 9.95. The largest absolute Gasteiger partial charge is 0.379 e. The van der Waals surface area contributed by atoms with Gasteiger partial charge in [-0.15, -0.1) is 0 Å². The van der Waals surface area contributed by atoms with Crippen molar-refractivity contribution in [3.05, 3.63) is 29.8 Å². The van der Waals surface area contributed by atoms with Gasteiger partial charge in [0.05, 0.1) is 17.4 Å². The van der Waals surface area contributed by atoms with Crippen LogP contribution in [0, 0.1) is 5.92 Å². The van der Waals surface area contributed by atoms with E-state index in [4.69, 9.17) is 10.6 Å². The van der Waals surface area contributed by atoms with Gasteiger partial charge >= 0.3 is 0 Å². The predicted molar refractivity (Wildman–Crippen MR) is 74.7 cm³/mol. The second-order valence-electron chi connectivity index (χ2n) is 4.98. The fourth-order valence-electron chi connectivity index (χ4n) is 2.49.